The Hall–Kier alpha value is -3.18. The van der Waals surface area contributed by atoms with Gasteiger partial charge in [-0.2, -0.15) is 0 Å². The first-order valence-electron chi connectivity index (χ1n) is 10.7. The molecule has 2 aliphatic heterocycles. The molecule has 2 heterocycles. The zero-order valence-corrected chi connectivity index (χ0v) is 19.5. The van der Waals surface area contributed by atoms with Crippen LogP contribution in [0.4, 0.5) is 10.1 Å². The third-order valence-electron chi connectivity index (χ3n) is 6.01. The topological polar surface area (TPSA) is 111 Å². The number of hydrogen-bond acceptors (Lipinski definition) is 7. The Balaban J connectivity index is 1.55. The Morgan fingerprint density at radius 3 is 2.65 bits per heavy atom. The number of benzene rings is 2. The van der Waals surface area contributed by atoms with Crippen molar-refractivity contribution in [1.29, 1.82) is 0 Å². The monoisotopic (exact) mass is 492 g/mol. The quantitative estimate of drug-likeness (QED) is 0.639. The molecule has 0 spiro atoms. The first-order valence-corrected chi connectivity index (χ1v) is 12.2. The molecule has 182 valence electrons. The lowest BCUT2D eigenvalue weighted by atomic mass is 9.94. The fraction of sp³-hybridized carbons (Fsp3) is 0.391. The van der Waals surface area contributed by atoms with Crippen LogP contribution in [0.3, 0.4) is 0 Å². The van der Waals surface area contributed by atoms with E-state index >= 15 is 0 Å². The minimum atomic E-state index is -3.98. The maximum Gasteiger partial charge on any atom is 0.308 e. The summed E-state index contributed by atoms with van der Waals surface area (Å²) < 4.78 is 57.5. The van der Waals surface area contributed by atoms with Crippen LogP contribution in [0, 0.1) is 5.82 Å². The predicted octanol–water partition coefficient (Wildman–Crippen LogP) is 2.57. The summed E-state index contributed by atoms with van der Waals surface area (Å²) in [5, 5.41) is 0. The lowest BCUT2D eigenvalue weighted by Crippen LogP contribution is -2.53. The lowest BCUT2D eigenvalue weighted by molar-refractivity contribution is -0.151. The van der Waals surface area contributed by atoms with Crippen molar-refractivity contribution in [2.45, 2.75) is 42.4 Å². The number of halogens is 1. The molecule has 0 aromatic heterocycles. The molecule has 0 unspecified atom stereocenters. The number of amides is 1. The molecule has 2 aliphatic rings. The highest BCUT2D eigenvalue weighted by molar-refractivity contribution is 7.92. The average Bonchev–Trinajstić information content (AvgIpc) is 2.81. The highest BCUT2D eigenvalue weighted by Crippen LogP contribution is 2.33. The van der Waals surface area contributed by atoms with Gasteiger partial charge in [0.1, 0.15) is 24.3 Å². The van der Waals surface area contributed by atoms with E-state index in [1.54, 1.807) is 11.9 Å². The van der Waals surface area contributed by atoms with Crippen molar-refractivity contribution in [2.75, 3.05) is 25.5 Å². The van der Waals surface area contributed by atoms with Gasteiger partial charge < -0.3 is 19.1 Å². The molecule has 34 heavy (non-hydrogen) atoms. The summed E-state index contributed by atoms with van der Waals surface area (Å²) in [5.74, 6) is -0.964. The molecule has 1 saturated heterocycles. The van der Waals surface area contributed by atoms with Gasteiger partial charge in [-0.15, -0.1) is 0 Å². The van der Waals surface area contributed by atoms with E-state index in [-0.39, 0.29) is 53.2 Å². The number of methoxy groups -OCH3 is 1. The van der Waals surface area contributed by atoms with Gasteiger partial charge in [-0.05, 0) is 55.3 Å². The maximum atomic E-state index is 13.3. The van der Waals surface area contributed by atoms with E-state index in [2.05, 4.69) is 4.72 Å². The van der Waals surface area contributed by atoms with Crippen molar-refractivity contribution in [3.8, 4) is 5.75 Å². The molecule has 0 bridgehead atoms. The molecule has 0 saturated carbocycles. The minimum absolute atomic E-state index is 0.107. The van der Waals surface area contributed by atoms with Crippen LogP contribution in [0.5, 0.6) is 5.75 Å². The van der Waals surface area contributed by atoms with E-state index in [1.807, 2.05) is 0 Å². The van der Waals surface area contributed by atoms with Crippen LogP contribution >= 0.6 is 0 Å². The third-order valence-corrected chi connectivity index (χ3v) is 7.41. The van der Waals surface area contributed by atoms with Crippen LogP contribution in [0.15, 0.2) is 47.4 Å². The Morgan fingerprint density at radius 2 is 1.94 bits per heavy atom. The summed E-state index contributed by atoms with van der Waals surface area (Å²) in [6.07, 6.45) is 0.582. The van der Waals surface area contributed by atoms with Gasteiger partial charge in [0.05, 0.1) is 36.1 Å². The Bertz CT molecular complexity index is 1190. The molecular weight excluding hydrogens is 467 g/mol. The maximum absolute atomic E-state index is 13.3. The second kappa shape index (κ2) is 9.59. The summed E-state index contributed by atoms with van der Waals surface area (Å²) in [4.78, 5) is 26.3. The van der Waals surface area contributed by atoms with Crippen LogP contribution in [-0.4, -0.2) is 64.2 Å². The van der Waals surface area contributed by atoms with Crippen molar-refractivity contribution in [2.24, 2.45) is 0 Å². The van der Waals surface area contributed by atoms with E-state index < -0.39 is 21.9 Å². The highest BCUT2D eigenvalue weighted by Gasteiger charge is 2.39. The van der Waals surface area contributed by atoms with Gasteiger partial charge in [0, 0.05) is 12.7 Å². The summed E-state index contributed by atoms with van der Waals surface area (Å²) in [6.45, 7) is 0.160. The van der Waals surface area contributed by atoms with Crippen LogP contribution < -0.4 is 9.46 Å². The number of likely N-dealkylation sites (N-methyl/N-ethyl adjacent to an activating group) is 1. The molecule has 9 nitrogen and oxygen atoms in total. The van der Waals surface area contributed by atoms with E-state index in [0.717, 1.165) is 24.3 Å². The number of nitrogens with zero attached hydrogens (tertiary/aromatic N) is 1. The first kappa shape index (κ1) is 24.0. The molecule has 0 aliphatic carbocycles. The number of fused-ring (bicyclic) bond motifs is 2. The fourth-order valence-electron chi connectivity index (χ4n) is 4.19. The summed E-state index contributed by atoms with van der Waals surface area (Å²) >= 11 is 0. The standard InChI is InChI=1S/C23H25FN2O7S/c1-26-19-9-6-16(12-22(27)31-2)33-21(19)13-32-20-10-5-15(11-18(20)23(26)28)25-34(29,30)17-7-3-14(24)4-8-17/h3-5,7-8,10-11,16,19,21,25H,6,9,12-13H2,1-2H3/t16-,19-,21+/m0/s1. The van der Waals surface area contributed by atoms with E-state index in [0.29, 0.717) is 18.6 Å². The second-order valence-electron chi connectivity index (χ2n) is 8.22. The van der Waals surface area contributed by atoms with Crippen LogP contribution in [0.1, 0.15) is 29.6 Å². The van der Waals surface area contributed by atoms with Gasteiger partial charge in [0.25, 0.3) is 15.9 Å². The number of rotatable bonds is 5. The van der Waals surface area contributed by atoms with Crippen LogP contribution in [-0.2, 0) is 24.3 Å². The number of nitrogens with one attached hydrogen (secondary N) is 1. The van der Waals surface area contributed by atoms with Gasteiger partial charge in [-0.25, -0.2) is 12.8 Å². The van der Waals surface area contributed by atoms with Crippen LogP contribution in [0.25, 0.3) is 0 Å². The zero-order valence-electron chi connectivity index (χ0n) is 18.7. The Morgan fingerprint density at radius 1 is 1.21 bits per heavy atom. The molecule has 3 atom stereocenters. The highest BCUT2D eigenvalue weighted by atomic mass is 32.2. The molecule has 2 aromatic rings. The number of carbonyl (C=O) groups excluding carboxylic acids is 2. The second-order valence-corrected chi connectivity index (χ2v) is 9.90. The number of carbonyl (C=O) groups is 2. The summed E-state index contributed by atoms with van der Waals surface area (Å²) in [6, 6.07) is 8.56. The SMILES string of the molecule is COC(=O)C[C@@H]1CC[C@H]2[C@@H](COc3ccc(NS(=O)(=O)c4ccc(F)cc4)cc3C(=O)N2C)O1. The number of sulfonamides is 1. The number of ether oxygens (including phenoxy) is 3. The van der Waals surface area contributed by atoms with Gasteiger partial charge in [0.2, 0.25) is 0 Å². The van der Waals surface area contributed by atoms with Gasteiger partial charge >= 0.3 is 5.97 Å². The normalized spacial score (nSPS) is 22.5. The van der Waals surface area contributed by atoms with Crippen molar-refractivity contribution in [3.05, 3.63) is 53.8 Å². The first-order chi connectivity index (χ1) is 16.2. The molecule has 2 aromatic carbocycles. The average molecular weight is 493 g/mol. The molecule has 1 N–H and O–H groups in total. The number of hydrogen-bond donors (Lipinski definition) is 1. The van der Waals surface area contributed by atoms with Crippen molar-refractivity contribution in [1.82, 2.24) is 4.90 Å². The van der Waals surface area contributed by atoms with E-state index in [9.17, 15) is 22.4 Å². The molecule has 1 fully saturated rings. The van der Waals surface area contributed by atoms with E-state index in [4.69, 9.17) is 14.2 Å². The number of esters is 1. The van der Waals surface area contributed by atoms with Crippen molar-refractivity contribution < 1.29 is 36.6 Å². The molecule has 0 radical (unpaired) electrons. The largest absolute Gasteiger partial charge is 0.490 e. The van der Waals surface area contributed by atoms with Gasteiger partial charge in [0.15, 0.2) is 0 Å². The molecule has 4 rings (SSSR count). The summed E-state index contributed by atoms with van der Waals surface area (Å²) in [7, 11) is -0.997. The van der Waals surface area contributed by atoms with Gasteiger partial charge in [-0.1, -0.05) is 0 Å². The Kier molecular flexibility index (Phi) is 6.76. The fourth-order valence-corrected chi connectivity index (χ4v) is 5.24. The Labute approximate surface area is 196 Å². The lowest BCUT2D eigenvalue weighted by Gasteiger charge is -2.42. The van der Waals surface area contributed by atoms with Gasteiger partial charge in [-0.3, -0.25) is 14.3 Å². The summed E-state index contributed by atoms with van der Waals surface area (Å²) in [5.41, 5.74) is 0.375. The van der Waals surface area contributed by atoms with Crippen molar-refractivity contribution >= 4 is 27.6 Å². The van der Waals surface area contributed by atoms with Crippen molar-refractivity contribution in [3.63, 3.8) is 0 Å². The smallest absolute Gasteiger partial charge is 0.308 e. The minimum Gasteiger partial charge on any atom is -0.490 e. The number of anilines is 1. The molecule has 11 heteroatoms. The zero-order chi connectivity index (χ0) is 24.5. The third kappa shape index (κ3) is 5.00. The molecule has 1 amide bonds. The molecular formula is C23H25FN2O7S. The van der Waals surface area contributed by atoms with Crippen LogP contribution in [0.2, 0.25) is 0 Å². The predicted molar refractivity (Wildman–Crippen MR) is 120 cm³/mol. The van der Waals surface area contributed by atoms with E-state index in [1.165, 1.54) is 25.3 Å².